The number of carbonyl (C=O) groups excluding carboxylic acids is 3. The molecule has 2 aliphatic rings. The standard InChI is InChI=1S/C23H24N2O5S/c1-23(2)19(22(28)30-13-15-9-5-3-6-10-15)25-20(27)18(21(25)31-23)24-17(26)14-29-16-11-7-4-8-12-16/h3-12,18-19,21H,13-14H2,1-2H3,(H,24,26)/t18?,19?,21-/m0/s1. The van der Waals surface area contributed by atoms with Crippen LogP contribution in [0.1, 0.15) is 19.4 Å². The lowest BCUT2D eigenvalue weighted by Gasteiger charge is -2.43. The van der Waals surface area contributed by atoms with E-state index in [1.165, 1.54) is 16.7 Å². The number of benzene rings is 2. The summed E-state index contributed by atoms with van der Waals surface area (Å²) in [6.45, 7) is 3.79. The van der Waals surface area contributed by atoms with Gasteiger partial charge in [-0.15, -0.1) is 11.8 Å². The first-order valence-electron chi connectivity index (χ1n) is 10.0. The van der Waals surface area contributed by atoms with Gasteiger partial charge in [-0.25, -0.2) is 4.79 Å². The van der Waals surface area contributed by atoms with Crippen LogP contribution in [0.5, 0.6) is 5.75 Å². The smallest absolute Gasteiger partial charge is 0.330 e. The predicted octanol–water partition coefficient (Wildman–Crippen LogP) is 2.36. The molecule has 0 saturated carbocycles. The zero-order chi connectivity index (χ0) is 22.0. The van der Waals surface area contributed by atoms with Gasteiger partial charge >= 0.3 is 5.97 Å². The van der Waals surface area contributed by atoms with Gasteiger partial charge in [-0.3, -0.25) is 9.59 Å². The van der Waals surface area contributed by atoms with Crippen molar-refractivity contribution in [3.63, 3.8) is 0 Å². The van der Waals surface area contributed by atoms with E-state index in [2.05, 4.69) is 5.32 Å². The Morgan fingerprint density at radius 2 is 1.71 bits per heavy atom. The Hall–Kier alpha value is -3.00. The number of carbonyl (C=O) groups is 3. The van der Waals surface area contributed by atoms with Crippen LogP contribution in [0.25, 0.3) is 0 Å². The maximum atomic E-state index is 12.8. The second kappa shape index (κ2) is 8.63. The average Bonchev–Trinajstić information content (AvgIpc) is 3.03. The highest BCUT2D eigenvalue weighted by molar-refractivity contribution is 8.01. The summed E-state index contributed by atoms with van der Waals surface area (Å²) in [7, 11) is 0. The number of fused-ring (bicyclic) bond motifs is 1. The molecule has 2 heterocycles. The van der Waals surface area contributed by atoms with E-state index in [9.17, 15) is 14.4 Å². The highest BCUT2D eigenvalue weighted by Crippen LogP contribution is 2.51. The van der Waals surface area contributed by atoms with Crippen molar-refractivity contribution >= 4 is 29.5 Å². The fraction of sp³-hybridized carbons (Fsp3) is 0.348. The molecule has 7 nitrogen and oxygen atoms in total. The molecule has 31 heavy (non-hydrogen) atoms. The van der Waals surface area contributed by atoms with Crippen molar-refractivity contribution in [3.05, 3.63) is 66.2 Å². The van der Waals surface area contributed by atoms with Crippen molar-refractivity contribution in [1.29, 1.82) is 0 Å². The van der Waals surface area contributed by atoms with Crippen molar-refractivity contribution in [2.24, 2.45) is 0 Å². The second-order valence-electron chi connectivity index (χ2n) is 8.00. The van der Waals surface area contributed by atoms with Gasteiger partial charge in [-0.2, -0.15) is 0 Å². The minimum atomic E-state index is -0.701. The van der Waals surface area contributed by atoms with Gasteiger partial charge in [0.1, 0.15) is 29.8 Å². The zero-order valence-corrected chi connectivity index (χ0v) is 18.1. The quantitative estimate of drug-likeness (QED) is 0.526. The van der Waals surface area contributed by atoms with Crippen LogP contribution >= 0.6 is 11.8 Å². The molecule has 162 valence electrons. The first-order chi connectivity index (χ1) is 14.9. The zero-order valence-electron chi connectivity index (χ0n) is 17.3. The van der Waals surface area contributed by atoms with Gasteiger partial charge < -0.3 is 19.7 Å². The molecule has 1 N–H and O–H groups in total. The van der Waals surface area contributed by atoms with Crippen LogP contribution in [-0.4, -0.2) is 51.5 Å². The van der Waals surface area contributed by atoms with Crippen molar-refractivity contribution < 1.29 is 23.9 Å². The van der Waals surface area contributed by atoms with Gasteiger partial charge in [0.25, 0.3) is 5.91 Å². The van der Waals surface area contributed by atoms with Gasteiger partial charge in [0.15, 0.2) is 6.61 Å². The van der Waals surface area contributed by atoms with Crippen LogP contribution in [0.4, 0.5) is 0 Å². The molecule has 8 heteroatoms. The van der Waals surface area contributed by atoms with E-state index in [1.807, 2.05) is 62.4 Å². The van der Waals surface area contributed by atoms with Crippen molar-refractivity contribution in [3.8, 4) is 5.75 Å². The first kappa shape index (κ1) is 21.2. The molecule has 2 amide bonds. The Morgan fingerprint density at radius 3 is 2.39 bits per heavy atom. The van der Waals surface area contributed by atoms with Gasteiger partial charge in [0, 0.05) is 4.75 Å². The van der Waals surface area contributed by atoms with Crippen molar-refractivity contribution in [2.75, 3.05) is 6.61 Å². The fourth-order valence-corrected chi connectivity index (χ4v) is 5.44. The number of ether oxygens (including phenoxy) is 2. The molecule has 2 saturated heterocycles. The van der Waals surface area contributed by atoms with Gasteiger partial charge in [-0.05, 0) is 31.5 Å². The maximum absolute atomic E-state index is 12.8. The van der Waals surface area contributed by atoms with Gasteiger partial charge in [-0.1, -0.05) is 48.5 Å². The molecular formula is C23H24N2O5S. The summed E-state index contributed by atoms with van der Waals surface area (Å²) in [4.78, 5) is 39.4. The van der Waals surface area contributed by atoms with Crippen molar-refractivity contribution in [2.45, 2.75) is 42.7 Å². The summed E-state index contributed by atoms with van der Waals surface area (Å²) in [6.07, 6.45) is 0. The highest BCUT2D eigenvalue weighted by atomic mass is 32.2. The third-order valence-electron chi connectivity index (χ3n) is 5.32. The number of hydrogen-bond donors (Lipinski definition) is 1. The van der Waals surface area contributed by atoms with E-state index >= 15 is 0 Å². The van der Waals surface area contributed by atoms with Crippen LogP contribution in [0.2, 0.25) is 0 Å². The fourth-order valence-electron chi connectivity index (χ4n) is 3.81. The molecule has 2 fully saturated rings. The molecule has 4 rings (SSSR count). The van der Waals surface area contributed by atoms with Gasteiger partial charge in [0.2, 0.25) is 5.91 Å². The highest BCUT2D eigenvalue weighted by Gasteiger charge is 2.64. The molecule has 2 unspecified atom stereocenters. The van der Waals surface area contributed by atoms with Gasteiger partial charge in [0.05, 0.1) is 0 Å². The molecule has 2 aromatic carbocycles. The average molecular weight is 441 g/mol. The number of thioether (sulfide) groups is 1. The molecule has 0 aliphatic carbocycles. The van der Waals surface area contributed by atoms with Crippen LogP contribution in [0.15, 0.2) is 60.7 Å². The normalized spacial score (nSPS) is 23.5. The largest absolute Gasteiger partial charge is 0.484 e. The van der Waals surface area contributed by atoms with Crippen LogP contribution in [0.3, 0.4) is 0 Å². The van der Waals surface area contributed by atoms with Crippen LogP contribution in [-0.2, 0) is 25.7 Å². The first-order valence-corrected chi connectivity index (χ1v) is 10.9. The summed E-state index contributed by atoms with van der Waals surface area (Å²) in [5.74, 6) is -0.514. The summed E-state index contributed by atoms with van der Waals surface area (Å²) in [6, 6.07) is 17.0. The van der Waals surface area contributed by atoms with Crippen molar-refractivity contribution in [1.82, 2.24) is 10.2 Å². The number of hydrogen-bond acceptors (Lipinski definition) is 6. The number of para-hydroxylation sites is 1. The topological polar surface area (TPSA) is 84.9 Å². The summed E-state index contributed by atoms with van der Waals surface area (Å²) >= 11 is 1.49. The molecule has 0 aromatic heterocycles. The Morgan fingerprint density at radius 1 is 1.06 bits per heavy atom. The monoisotopic (exact) mass is 440 g/mol. The maximum Gasteiger partial charge on any atom is 0.330 e. The predicted molar refractivity (Wildman–Crippen MR) is 116 cm³/mol. The lowest BCUT2D eigenvalue weighted by atomic mass is 9.96. The number of esters is 1. The van der Waals surface area contributed by atoms with Crippen LogP contribution in [0, 0.1) is 0 Å². The molecule has 0 radical (unpaired) electrons. The Labute approximate surface area is 185 Å². The Kier molecular flexibility index (Phi) is 5.91. The molecular weight excluding hydrogens is 416 g/mol. The minimum absolute atomic E-state index is 0.153. The second-order valence-corrected chi connectivity index (χ2v) is 9.77. The van der Waals surface area contributed by atoms with Crippen LogP contribution < -0.4 is 10.1 Å². The summed E-state index contributed by atoms with van der Waals surface area (Å²) in [5, 5.41) is 2.43. The van der Waals surface area contributed by atoms with E-state index < -0.39 is 22.8 Å². The molecule has 2 aromatic rings. The van der Waals surface area contributed by atoms with E-state index in [1.54, 1.807) is 12.1 Å². The Bertz CT molecular complexity index is 966. The minimum Gasteiger partial charge on any atom is -0.484 e. The number of rotatable bonds is 7. The number of nitrogens with zero attached hydrogens (tertiary/aromatic N) is 1. The van der Waals surface area contributed by atoms with E-state index in [-0.39, 0.29) is 30.4 Å². The molecule has 2 aliphatic heterocycles. The third-order valence-corrected chi connectivity index (χ3v) is 6.89. The summed E-state index contributed by atoms with van der Waals surface area (Å²) in [5.41, 5.74) is 0.884. The molecule has 0 spiro atoms. The molecule has 0 bridgehead atoms. The summed E-state index contributed by atoms with van der Waals surface area (Å²) < 4.78 is 10.4. The number of amides is 2. The Balaban J connectivity index is 1.34. The lowest BCUT2D eigenvalue weighted by Crippen LogP contribution is -2.71. The van der Waals surface area contributed by atoms with E-state index in [0.29, 0.717) is 5.75 Å². The van der Waals surface area contributed by atoms with E-state index in [4.69, 9.17) is 9.47 Å². The lowest BCUT2D eigenvalue weighted by molar-refractivity contribution is -0.165. The van der Waals surface area contributed by atoms with E-state index in [0.717, 1.165) is 5.56 Å². The molecule has 3 atom stereocenters. The SMILES string of the molecule is CC1(C)S[C@H]2C(NC(=O)COc3ccccc3)C(=O)N2C1C(=O)OCc1ccccc1. The number of β-lactam (4-membered cyclic amide) rings is 1. The number of nitrogens with one attached hydrogen (secondary N) is 1. The third kappa shape index (κ3) is 4.39.